The zero-order valence-corrected chi connectivity index (χ0v) is 10.4. The molecule has 0 unspecified atom stereocenters. The molecule has 0 bridgehead atoms. The van der Waals surface area contributed by atoms with Crippen molar-refractivity contribution >= 4 is 10.0 Å². The highest BCUT2D eigenvalue weighted by molar-refractivity contribution is 7.89. The van der Waals surface area contributed by atoms with Gasteiger partial charge in [-0.05, 0) is 30.5 Å². The minimum absolute atomic E-state index is 0.0615. The normalized spacial score (nSPS) is 11.2. The summed E-state index contributed by atoms with van der Waals surface area (Å²) in [6, 6.07) is 4.73. The van der Waals surface area contributed by atoms with Crippen molar-refractivity contribution in [2.75, 3.05) is 5.75 Å². The van der Waals surface area contributed by atoms with Gasteiger partial charge in [-0.25, -0.2) is 17.5 Å². The number of hydrogen-bond acceptors (Lipinski definition) is 3. The standard InChI is InChI=1S/C11H13FN2O2S/c1-8-5-10(6-9(2)11(8)12)7-14-17(15,16)4-3-13/h5-6,14H,4,7H2,1-2H3. The molecule has 0 fully saturated rings. The smallest absolute Gasteiger partial charge is 0.211 e. The van der Waals surface area contributed by atoms with Crippen molar-refractivity contribution < 1.29 is 12.8 Å². The van der Waals surface area contributed by atoms with E-state index >= 15 is 0 Å². The van der Waals surface area contributed by atoms with E-state index in [4.69, 9.17) is 5.26 Å². The summed E-state index contributed by atoms with van der Waals surface area (Å²) in [7, 11) is -3.57. The Morgan fingerprint density at radius 2 is 1.88 bits per heavy atom. The lowest BCUT2D eigenvalue weighted by atomic mass is 10.1. The lowest BCUT2D eigenvalue weighted by molar-refractivity contribution is 0.584. The van der Waals surface area contributed by atoms with Crippen molar-refractivity contribution in [3.05, 3.63) is 34.6 Å². The molecule has 17 heavy (non-hydrogen) atoms. The van der Waals surface area contributed by atoms with Crippen LogP contribution in [0.5, 0.6) is 0 Å². The van der Waals surface area contributed by atoms with Gasteiger partial charge >= 0.3 is 0 Å². The molecule has 1 N–H and O–H groups in total. The van der Waals surface area contributed by atoms with E-state index in [0.717, 1.165) is 0 Å². The average molecular weight is 256 g/mol. The first kappa shape index (κ1) is 13.6. The van der Waals surface area contributed by atoms with E-state index in [1.54, 1.807) is 32.0 Å². The molecule has 0 atom stereocenters. The molecule has 4 nitrogen and oxygen atoms in total. The van der Waals surface area contributed by atoms with Crippen LogP contribution in [0.15, 0.2) is 12.1 Å². The third-order valence-electron chi connectivity index (χ3n) is 2.25. The molecule has 0 saturated carbocycles. The Bertz CT molecular complexity index is 538. The Balaban J connectivity index is 2.82. The van der Waals surface area contributed by atoms with Crippen LogP contribution in [0.2, 0.25) is 0 Å². The second kappa shape index (κ2) is 5.25. The lowest BCUT2D eigenvalue weighted by Gasteiger charge is -2.07. The minimum atomic E-state index is -3.57. The van der Waals surface area contributed by atoms with Crippen molar-refractivity contribution in [1.29, 1.82) is 5.26 Å². The number of sulfonamides is 1. The molecule has 1 aromatic carbocycles. The molecule has 0 aliphatic rings. The summed E-state index contributed by atoms with van der Waals surface area (Å²) >= 11 is 0. The number of nitriles is 1. The molecule has 0 aliphatic carbocycles. The number of nitrogens with zero attached hydrogens (tertiary/aromatic N) is 1. The van der Waals surface area contributed by atoms with Crippen LogP contribution in [0.25, 0.3) is 0 Å². The molecule has 0 saturated heterocycles. The van der Waals surface area contributed by atoms with Crippen molar-refractivity contribution in [3.63, 3.8) is 0 Å². The van der Waals surface area contributed by atoms with Gasteiger partial charge < -0.3 is 0 Å². The monoisotopic (exact) mass is 256 g/mol. The van der Waals surface area contributed by atoms with E-state index in [2.05, 4.69) is 4.72 Å². The highest BCUT2D eigenvalue weighted by atomic mass is 32.2. The fourth-order valence-corrected chi connectivity index (χ4v) is 2.13. The van der Waals surface area contributed by atoms with Crippen molar-refractivity contribution in [1.82, 2.24) is 4.72 Å². The first-order valence-electron chi connectivity index (χ1n) is 4.95. The number of aryl methyl sites for hydroxylation is 2. The van der Waals surface area contributed by atoms with E-state index in [1.165, 1.54) is 0 Å². The molecule has 92 valence electrons. The zero-order valence-electron chi connectivity index (χ0n) is 9.62. The maximum absolute atomic E-state index is 13.3. The Kier molecular flexibility index (Phi) is 4.21. The largest absolute Gasteiger partial charge is 0.225 e. The lowest BCUT2D eigenvalue weighted by Crippen LogP contribution is -2.25. The van der Waals surface area contributed by atoms with E-state index < -0.39 is 15.8 Å². The van der Waals surface area contributed by atoms with Crippen LogP contribution >= 0.6 is 0 Å². The summed E-state index contributed by atoms with van der Waals surface area (Å²) in [6.07, 6.45) is 0. The first-order valence-corrected chi connectivity index (χ1v) is 6.61. The molecule has 1 aromatic rings. The van der Waals surface area contributed by atoms with Gasteiger partial charge in [-0.3, -0.25) is 0 Å². The predicted molar refractivity (Wildman–Crippen MR) is 62.1 cm³/mol. The Morgan fingerprint density at radius 3 is 2.35 bits per heavy atom. The summed E-state index contributed by atoms with van der Waals surface area (Å²) in [6.45, 7) is 3.30. The van der Waals surface area contributed by atoms with Gasteiger partial charge in [0, 0.05) is 6.54 Å². The van der Waals surface area contributed by atoms with Gasteiger partial charge in [0.1, 0.15) is 5.82 Å². The summed E-state index contributed by atoms with van der Waals surface area (Å²) in [5, 5.41) is 8.30. The molecule has 6 heteroatoms. The number of nitrogens with one attached hydrogen (secondary N) is 1. The summed E-state index contributed by atoms with van der Waals surface area (Å²) in [4.78, 5) is 0. The number of hydrogen-bond donors (Lipinski definition) is 1. The van der Waals surface area contributed by atoms with E-state index in [1.807, 2.05) is 0 Å². The average Bonchev–Trinajstić information content (AvgIpc) is 2.23. The van der Waals surface area contributed by atoms with Crippen molar-refractivity contribution in [3.8, 4) is 6.07 Å². The molecule has 0 radical (unpaired) electrons. The highest BCUT2D eigenvalue weighted by Crippen LogP contribution is 2.14. The SMILES string of the molecule is Cc1cc(CNS(=O)(=O)CC#N)cc(C)c1F. The predicted octanol–water partition coefficient (Wildman–Crippen LogP) is 1.39. The Hall–Kier alpha value is -1.45. The van der Waals surface area contributed by atoms with Crippen LogP contribution in [-0.2, 0) is 16.6 Å². The molecule has 0 aliphatic heterocycles. The van der Waals surface area contributed by atoms with E-state index in [0.29, 0.717) is 16.7 Å². The summed E-state index contributed by atoms with van der Waals surface area (Å²) in [5.74, 6) is -0.861. The van der Waals surface area contributed by atoms with Gasteiger partial charge in [-0.1, -0.05) is 12.1 Å². The third-order valence-corrected chi connectivity index (χ3v) is 3.34. The van der Waals surface area contributed by atoms with Gasteiger partial charge in [0.25, 0.3) is 0 Å². The summed E-state index contributed by atoms with van der Waals surface area (Å²) in [5.41, 5.74) is 1.61. The van der Waals surface area contributed by atoms with Crippen LogP contribution in [0.4, 0.5) is 4.39 Å². The fraction of sp³-hybridized carbons (Fsp3) is 0.364. The minimum Gasteiger partial charge on any atom is -0.211 e. The van der Waals surface area contributed by atoms with Crippen LogP contribution in [0.1, 0.15) is 16.7 Å². The van der Waals surface area contributed by atoms with E-state index in [9.17, 15) is 12.8 Å². The molecule has 1 rings (SSSR count). The summed E-state index contributed by atoms with van der Waals surface area (Å²) < 4.78 is 38.1. The van der Waals surface area contributed by atoms with Crippen LogP contribution in [0, 0.1) is 31.0 Å². The maximum Gasteiger partial charge on any atom is 0.225 e. The molecule has 0 heterocycles. The number of rotatable bonds is 4. The van der Waals surface area contributed by atoms with Gasteiger partial charge in [0.2, 0.25) is 10.0 Å². The molecule has 0 spiro atoms. The maximum atomic E-state index is 13.3. The van der Waals surface area contributed by atoms with Crippen LogP contribution in [0.3, 0.4) is 0 Å². The molecular weight excluding hydrogens is 243 g/mol. The van der Waals surface area contributed by atoms with Gasteiger partial charge in [0.15, 0.2) is 5.75 Å². The number of halogens is 1. The second-order valence-electron chi connectivity index (χ2n) is 3.78. The van der Waals surface area contributed by atoms with Gasteiger partial charge in [-0.15, -0.1) is 0 Å². The molecule has 0 amide bonds. The van der Waals surface area contributed by atoms with Gasteiger partial charge in [0.05, 0.1) is 6.07 Å². The topological polar surface area (TPSA) is 70.0 Å². The quantitative estimate of drug-likeness (QED) is 0.884. The highest BCUT2D eigenvalue weighted by Gasteiger charge is 2.10. The van der Waals surface area contributed by atoms with Crippen molar-refractivity contribution in [2.45, 2.75) is 20.4 Å². The molecule has 0 aromatic heterocycles. The van der Waals surface area contributed by atoms with Gasteiger partial charge in [-0.2, -0.15) is 5.26 Å². The Morgan fingerprint density at radius 1 is 1.35 bits per heavy atom. The number of benzene rings is 1. The van der Waals surface area contributed by atoms with E-state index in [-0.39, 0.29) is 12.4 Å². The first-order chi connectivity index (χ1) is 7.85. The van der Waals surface area contributed by atoms with Crippen molar-refractivity contribution in [2.24, 2.45) is 0 Å². The third kappa shape index (κ3) is 3.80. The van der Waals surface area contributed by atoms with Crippen LogP contribution < -0.4 is 4.72 Å². The fourth-order valence-electron chi connectivity index (χ4n) is 1.47. The zero-order chi connectivity index (χ0) is 13.1. The Labute approximate surface area is 100 Å². The second-order valence-corrected chi connectivity index (χ2v) is 5.59. The molecular formula is C11H13FN2O2S. The van der Waals surface area contributed by atoms with Crippen LogP contribution in [-0.4, -0.2) is 14.2 Å².